The normalized spacial score (nSPS) is 14.2. The van der Waals surface area contributed by atoms with Gasteiger partial charge in [-0.25, -0.2) is 0 Å². The van der Waals surface area contributed by atoms with Crippen molar-refractivity contribution in [3.05, 3.63) is 277 Å². The van der Waals surface area contributed by atoms with Crippen molar-refractivity contribution in [2.45, 2.75) is 5.41 Å². The van der Waals surface area contributed by atoms with E-state index >= 15 is 0 Å². The molecule has 0 saturated heterocycles. The van der Waals surface area contributed by atoms with E-state index in [0.717, 1.165) is 34.1 Å². The molecule has 2 heteroatoms. The summed E-state index contributed by atoms with van der Waals surface area (Å²) in [6, 6.07) is 94.0. The first kappa shape index (κ1) is 37.1. The van der Waals surface area contributed by atoms with Gasteiger partial charge in [-0.3, -0.25) is 0 Å². The van der Waals surface area contributed by atoms with Crippen molar-refractivity contribution in [2.75, 3.05) is 9.80 Å². The lowest BCUT2D eigenvalue weighted by Crippen LogP contribution is -2.26. The topological polar surface area (TPSA) is 6.48 Å². The van der Waals surface area contributed by atoms with E-state index in [2.05, 4.69) is 265 Å². The van der Waals surface area contributed by atoms with E-state index in [4.69, 9.17) is 0 Å². The third kappa shape index (κ3) is 5.67. The highest BCUT2D eigenvalue weighted by molar-refractivity contribution is 6.06. The van der Waals surface area contributed by atoms with Gasteiger partial charge in [-0.05, 0) is 138 Å². The number of rotatable bonds is 7. The summed E-state index contributed by atoms with van der Waals surface area (Å²) in [7, 11) is 0. The summed E-state index contributed by atoms with van der Waals surface area (Å²) in [6.45, 7) is 0. The van der Waals surface area contributed by atoms with Crippen LogP contribution in [-0.2, 0) is 5.41 Å². The van der Waals surface area contributed by atoms with Crippen molar-refractivity contribution in [1.29, 1.82) is 0 Å². The monoisotopic (exact) mass is 826 g/mol. The molecule has 0 saturated carbocycles. The van der Waals surface area contributed by atoms with Gasteiger partial charge in [-0.2, -0.15) is 0 Å². The molecule has 1 spiro atoms. The first-order valence-electron chi connectivity index (χ1n) is 22.5. The summed E-state index contributed by atoms with van der Waals surface area (Å²) in [4.78, 5) is 4.89. The van der Waals surface area contributed by atoms with Crippen molar-refractivity contribution in [1.82, 2.24) is 0 Å². The molecule has 2 aliphatic rings. The largest absolute Gasteiger partial charge is 0.310 e. The minimum atomic E-state index is -0.580. The SMILES string of the molecule is c1ccc(-c2c(N(c3ccccc3)c3ccc4c(c3)C3(c5ccccc5-c5ccc(N(c6ccccc6)c6ccc7ccccc7c6)cc53)c3ccccc3-4)ccc3ccccc23)cc1. The van der Waals surface area contributed by atoms with Gasteiger partial charge in [0.25, 0.3) is 0 Å². The highest BCUT2D eigenvalue weighted by Gasteiger charge is 2.52. The van der Waals surface area contributed by atoms with Gasteiger partial charge >= 0.3 is 0 Å². The van der Waals surface area contributed by atoms with Crippen LogP contribution in [0.2, 0.25) is 0 Å². The first-order chi connectivity index (χ1) is 32.3. The van der Waals surface area contributed by atoms with E-state index in [0.29, 0.717) is 0 Å². The van der Waals surface area contributed by atoms with Crippen LogP contribution in [0.1, 0.15) is 22.3 Å². The molecule has 0 fully saturated rings. The van der Waals surface area contributed by atoms with Crippen molar-refractivity contribution < 1.29 is 0 Å². The zero-order valence-electron chi connectivity index (χ0n) is 35.6. The molecule has 1 unspecified atom stereocenters. The molecule has 0 aliphatic heterocycles. The Morgan fingerprint density at radius 3 is 1.35 bits per heavy atom. The van der Waals surface area contributed by atoms with Gasteiger partial charge in [0.1, 0.15) is 0 Å². The van der Waals surface area contributed by atoms with Gasteiger partial charge in [0.2, 0.25) is 0 Å². The zero-order chi connectivity index (χ0) is 42.9. The Labute approximate surface area is 379 Å². The second-order valence-electron chi connectivity index (χ2n) is 17.2. The fourth-order valence-corrected chi connectivity index (χ4v) is 11.1. The third-order valence-corrected chi connectivity index (χ3v) is 13.8. The average Bonchev–Trinajstić information content (AvgIpc) is 3.84. The Balaban J connectivity index is 1.08. The molecule has 0 radical (unpaired) electrons. The Bertz CT molecular complexity index is 3600. The number of hydrogen-bond donors (Lipinski definition) is 0. The van der Waals surface area contributed by atoms with E-state index in [1.165, 1.54) is 77.2 Å². The minimum Gasteiger partial charge on any atom is -0.310 e. The van der Waals surface area contributed by atoms with Crippen LogP contribution in [0.4, 0.5) is 34.1 Å². The van der Waals surface area contributed by atoms with Crippen LogP contribution in [0, 0.1) is 0 Å². The first-order valence-corrected chi connectivity index (χ1v) is 22.5. The molecule has 2 nitrogen and oxygen atoms in total. The number of fused-ring (bicyclic) bond motifs is 12. The molecule has 304 valence electrons. The Kier molecular flexibility index (Phi) is 8.47. The van der Waals surface area contributed by atoms with Crippen molar-refractivity contribution in [3.63, 3.8) is 0 Å². The summed E-state index contributed by atoms with van der Waals surface area (Å²) >= 11 is 0. The van der Waals surface area contributed by atoms with E-state index in [-0.39, 0.29) is 0 Å². The van der Waals surface area contributed by atoms with Crippen LogP contribution < -0.4 is 9.80 Å². The van der Waals surface area contributed by atoms with Crippen LogP contribution in [0.5, 0.6) is 0 Å². The van der Waals surface area contributed by atoms with Crippen LogP contribution in [-0.4, -0.2) is 0 Å². The predicted octanol–water partition coefficient (Wildman–Crippen LogP) is 16.9. The van der Waals surface area contributed by atoms with Crippen molar-refractivity contribution in [2.24, 2.45) is 0 Å². The number of anilines is 6. The van der Waals surface area contributed by atoms with Gasteiger partial charge < -0.3 is 9.80 Å². The lowest BCUT2D eigenvalue weighted by molar-refractivity contribution is 0.793. The van der Waals surface area contributed by atoms with Crippen LogP contribution in [0.3, 0.4) is 0 Å². The molecule has 11 aromatic rings. The Morgan fingerprint density at radius 1 is 0.262 bits per heavy atom. The zero-order valence-corrected chi connectivity index (χ0v) is 35.6. The fraction of sp³-hybridized carbons (Fsp3) is 0.0159. The number of para-hydroxylation sites is 2. The maximum absolute atomic E-state index is 2.50. The Hall–Kier alpha value is -8.46. The average molecular weight is 827 g/mol. The van der Waals surface area contributed by atoms with E-state index in [1.54, 1.807) is 0 Å². The lowest BCUT2D eigenvalue weighted by Gasteiger charge is -2.34. The van der Waals surface area contributed by atoms with Gasteiger partial charge in [-0.15, -0.1) is 0 Å². The summed E-state index contributed by atoms with van der Waals surface area (Å²) in [5.74, 6) is 0. The number of nitrogens with zero attached hydrogens (tertiary/aromatic N) is 2. The summed E-state index contributed by atoms with van der Waals surface area (Å²) < 4.78 is 0. The quantitative estimate of drug-likeness (QED) is 0.158. The highest BCUT2D eigenvalue weighted by atomic mass is 15.1. The maximum atomic E-state index is 2.50. The molecular formula is C63H42N2. The molecule has 0 amide bonds. The standard InChI is InChI=1S/C63H42N2/c1-4-20-45(21-5-1)62-52-27-13-12-19-44(52)33-39-61(62)65(48-25-8-3-9-26-48)51-36-38-56-54-29-15-17-31-58(54)63(60(56)42-51)57-30-16-14-28-53(57)55-37-35-50(41-59(55)63)64(47-23-6-2-7-24-47)49-34-32-43-18-10-11-22-46(43)40-49/h1-42H. The molecule has 0 aromatic heterocycles. The second kappa shape index (κ2) is 14.8. The van der Waals surface area contributed by atoms with E-state index < -0.39 is 5.41 Å². The van der Waals surface area contributed by atoms with Crippen LogP contribution in [0.15, 0.2) is 255 Å². The second-order valence-corrected chi connectivity index (χ2v) is 17.2. The Morgan fingerprint density at radius 2 is 0.708 bits per heavy atom. The van der Waals surface area contributed by atoms with Gasteiger partial charge in [0.15, 0.2) is 0 Å². The number of hydrogen-bond acceptors (Lipinski definition) is 2. The minimum absolute atomic E-state index is 0.580. The predicted molar refractivity (Wildman–Crippen MR) is 273 cm³/mol. The summed E-state index contributed by atoms with van der Waals surface area (Å²) in [5, 5.41) is 4.89. The molecule has 11 aromatic carbocycles. The third-order valence-electron chi connectivity index (χ3n) is 13.8. The fourth-order valence-electron chi connectivity index (χ4n) is 11.1. The van der Waals surface area contributed by atoms with Crippen LogP contribution in [0.25, 0.3) is 54.9 Å². The van der Waals surface area contributed by atoms with Crippen molar-refractivity contribution in [3.8, 4) is 33.4 Å². The van der Waals surface area contributed by atoms with Crippen molar-refractivity contribution >= 4 is 55.7 Å². The molecule has 0 N–H and O–H groups in total. The van der Waals surface area contributed by atoms with Gasteiger partial charge in [0.05, 0.1) is 11.1 Å². The molecule has 2 aliphatic carbocycles. The van der Waals surface area contributed by atoms with Gasteiger partial charge in [0, 0.05) is 34.0 Å². The molecular weight excluding hydrogens is 785 g/mol. The summed E-state index contributed by atoms with van der Waals surface area (Å²) in [5.41, 5.74) is 18.8. The van der Waals surface area contributed by atoms with E-state index in [9.17, 15) is 0 Å². The van der Waals surface area contributed by atoms with Crippen LogP contribution >= 0.6 is 0 Å². The molecule has 0 bridgehead atoms. The van der Waals surface area contributed by atoms with E-state index in [1.807, 2.05) is 0 Å². The lowest BCUT2D eigenvalue weighted by atomic mass is 9.70. The summed E-state index contributed by atoms with van der Waals surface area (Å²) in [6.07, 6.45) is 0. The van der Waals surface area contributed by atoms with Gasteiger partial charge in [-0.1, -0.05) is 188 Å². The molecule has 0 heterocycles. The smallest absolute Gasteiger partial charge is 0.0727 e. The highest BCUT2D eigenvalue weighted by Crippen LogP contribution is 2.64. The maximum Gasteiger partial charge on any atom is 0.0727 e. The molecule has 65 heavy (non-hydrogen) atoms. The number of benzene rings is 11. The molecule has 1 atom stereocenters. The molecule has 13 rings (SSSR count).